The molecule has 1 aromatic heterocycles. The van der Waals surface area contributed by atoms with Crippen LogP contribution in [0.3, 0.4) is 0 Å². The van der Waals surface area contributed by atoms with Crippen LogP contribution in [0, 0.1) is 0 Å². The summed E-state index contributed by atoms with van der Waals surface area (Å²) < 4.78 is 5.74. The summed E-state index contributed by atoms with van der Waals surface area (Å²) in [4.78, 5) is 0. The van der Waals surface area contributed by atoms with Crippen LogP contribution in [0.4, 0.5) is 0 Å². The Morgan fingerprint density at radius 2 is 2.36 bits per heavy atom. The molecule has 0 radical (unpaired) electrons. The number of hydrogen-bond acceptors (Lipinski definition) is 3. The van der Waals surface area contributed by atoms with Crippen molar-refractivity contribution in [2.45, 2.75) is 12.5 Å². The highest BCUT2D eigenvalue weighted by Gasteiger charge is 2.09. The molecule has 0 saturated heterocycles. The number of hydrogen-bond donors (Lipinski definition) is 2. The van der Waals surface area contributed by atoms with E-state index in [0.29, 0.717) is 23.4 Å². The number of furan rings is 1. The van der Waals surface area contributed by atoms with E-state index in [1.165, 1.54) is 0 Å². The first-order valence-corrected chi connectivity index (χ1v) is 4.16. The van der Waals surface area contributed by atoms with Crippen LogP contribution in [-0.4, -0.2) is 11.7 Å². The van der Waals surface area contributed by atoms with Crippen molar-refractivity contribution in [3.05, 3.63) is 22.6 Å². The third-order valence-corrected chi connectivity index (χ3v) is 1.79. The summed E-state index contributed by atoms with van der Waals surface area (Å²) in [6.45, 7) is 0.458. The van der Waals surface area contributed by atoms with Gasteiger partial charge in [0.15, 0.2) is 4.67 Å². The highest BCUT2D eigenvalue weighted by Crippen LogP contribution is 2.21. The van der Waals surface area contributed by atoms with Crippen molar-refractivity contribution in [1.82, 2.24) is 0 Å². The molecule has 1 aromatic rings. The van der Waals surface area contributed by atoms with E-state index in [-0.39, 0.29) is 0 Å². The predicted octanol–water partition coefficient (Wildman–Crippen LogP) is 1.42. The topological polar surface area (TPSA) is 59.4 Å². The Hall–Kier alpha value is -0.320. The van der Waals surface area contributed by atoms with E-state index in [0.717, 1.165) is 0 Å². The van der Waals surface area contributed by atoms with Crippen molar-refractivity contribution in [2.24, 2.45) is 5.73 Å². The zero-order chi connectivity index (χ0) is 8.27. The highest BCUT2D eigenvalue weighted by molar-refractivity contribution is 9.10. The maximum absolute atomic E-state index is 9.34. The third-order valence-electron chi connectivity index (χ3n) is 1.36. The van der Waals surface area contributed by atoms with Crippen LogP contribution in [0.15, 0.2) is 21.2 Å². The molecule has 1 heterocycles. The van der Waals surface area contributed by atoms with Crippen molar-refractivity contribution in [1.29, 1.82) is 0 Å². The van der Waals surface area contributed by atoms with Gasteiger partial charge in [0.05, 0.1) is 0 Å². The van der Waals surface area contributed by atoms with Crippen molar-refractivity contribution in [3.63, 3.8) is 0 Å². The Labute approximate surface area is 73.3 Å². The minimum atomic E-state index is -0.578. The van der Waals surface area contributed by atoms with Gasteiger partial charge in [-0.1, -0.05) is 0 Å². The number of halogens is 1. The van der Waals surface area contributed by atoms with Crippen molar-refractivity contribution < 1.29 is 9.52 Å². The SMILES string of the molecule is NCC[C@H](O)c1ccc(Br)o1. The maximum atomic E-state index is 9.34. The van der Waals surface area contributed by atoms with Gasteiger partial charge in [0.25, 0.3) is 0 Å². The van der Waals surface area contributed by atoms with Crippen molar-refractivity contribution in [3.8, 4) is 0 Å². The molecule has 3 nitrogen and oxygen atoms in total. The second kappa shape index (κ2) is 3.90. The summed E-state index contributed by atoms with van der Waals surface area (Å²) in [5, 5.41) is 9.34. The van der Waals surface area contributed by atoms with Crippen molar-refractivity contribution >= 4 is 15.9 Å². The Kier molecular flexibility index (Phi) is 3.11. The lowest BCUT2D eigenvalue weighted by molar-refractivity contribution is 0.141. The van der Waals surface area contributed by atoms with Gasteiger partial charge in [0, 0.05) is 0 Å². The summed E-state index contributed by atoms with van der Waals surface area (Å²) in [5.41, 5.74) is 5.26. The summed E-state index contributed by atoms with van der Waals surface area (Å²) in [6.07, 6.45) is -0.0498. The second-order valence-electron chi connectivity index (χ2n) is 2.24. The zero-order valence-electron chi connectivity index (χ0n) is 5.96. The van der Waals surface area contributed by atoms with Gasteiger partial charge in [-0.05, 0) is 41.0 Å². The normalized spacial score (nSPS) is 13.4. The first-order chi connectivity index (χ1) is 5.24. The standard InChI is InChI=1S/C7H10BrNO2/c8-7-2-1-6(11-7)5(10)3-4-9/h1-2,5,10H,3-4,9H2/t5-/m0/s1. The van der Waals surface area contributed by atoms with Crippen LogP contribution in [0.25, 0.3) is 0 Å². The van der Waals surface area contributed by atoms with Crippen LogP contribution in [0.1, 0.15) is 18.3 Å². The minimum Gasteiger partial charge on any atom is -0.452 e. The maximum Gasteiger partial charge on any atom is 0.169 e. The van der Waals surface area contributed by atoms with E-state index in [1.807, 2.05) is 0 Å². The lowest BCUT2D eigenvalue weighted by Gasteiger charge is -2.03. The molecule has 0 aliphatic rings. The highest BCUT2D eigenvalue weighted by atomic mass is 79.9. The van der Waals surface area contributed by atoms with Gasteiger partial charge in [0.2, 0.25) is 0 Å². The molecule has 3 N–H and O–H groups in total. The van der Waals surface area contributed by atoms with Crippen molar-refractivity contribution in [2.75, 3.05) is 6.54 Å². The smallest absolute Gasteiger partial charge is 0.169 e. The first kappa shape index (κ1) is 8.77. The molecule has 0 amide bonds. The van der Waals surface area contributed by atoms with E-state index in [1.54, 1.807) is 12.1 Å². The molecular weight excluding hydrogens is 210 g/mol. The molecule has 0 fully saturated rings. The van der Waals surface area contributed by atoms with Gasteiger partial charge in [-0.2, -0.15) is 0 Å². The van der Waals surface area contributed by atoms with Crippen LogP contribution >= 0.6 is 15.9 Å². The predicted molar refractivity (Wildman–Crippen MR) is 45.0 cm³/mol. The van der Waals surface area contributed by atoms with Crippen LogP contribution in [0.5, 0.6) is 0 Å². The summed E-state index contributed by atoms with van der Waals surface area (Å²) >= 11 is 3.14. The molecule has 1 rings (SSSR count). The van der Waals surface area contributed by atoms with Gasteiger partial charge in [0.1, 0.15) is 11.9 Å². The largest absolute Gasteiger partial charge is 0.452 e. The molecule has 4 heteroatoms. The van der Waals surface area contributed by atoms with Gasteiger partial charge < -0.3 is 15.3 Å². The van der Waals surface area contributed by atoms with Crippen LogP contribution in [-0.2, 0) is 0 Å². The molecule has 0 aliphatic heterocycles. The summed E-state index contributed by atoms with van der Waals surface area (Å²) in [7, 11) is 0. The molecule has 0 saturated carbocycles. The number of nitrogens with two attached hydrogens (primary N) is 1. The average Bonchev–Trinajstić information content (AvgIpc) is 2.36. The van der Waals surface area contributed by atoms with Gasteiger partial charge in [-0.3, -0.25) is 0 Å². The zero-order valence-corrected chi connectivity index (χ0v) is 7.54. The first-order valence-electron chi connectivity index (χ1n) is 3.37. The molecule has 0 unspecified atom stereocenters. The molecular formula is C7H10BrNO2. The summed E-state index contributed by atoms with van der Waals surface area (Å²) in [6, 6.07) is 3.47. The van der Waals surface area contributed by atoms with Gasteiger partial charge >= 0.3 is 0 Å². The monoisotopic (exact) mass is 219 g/mol. The van der Waals surface area contributed by atoms with Gasteiger partial charge in [-0.25, -0.2) is 0 Å². The molecule has 11 heavy (non-hydrogen) atoms. The average molecular weight is 220 g/mol. The lowest BCUT2D eigenvalue weighted by atomic mass is 10.2. The third kappa shape index (κ3) is 2.32. The molecule has 62 valence electrons. The quantitative estimate of drug-likeness (QED) is 0.809. The Morgan fingerprint density at radius 3 is 2.82 bits per heavy atom. The Morgan fingerprint density at radius 1 is 1.64 bits per heavy atom. The van der Waals surface area contributed by atoms with E-state index < -0.39 is 6.10 Å². The molecule has 0 spiro atoms. The van der Waals surface area contributed by atoms with E-state index in [4.69, 9.17) is 10.2 Å². The van der Waals surface area contributed by atoms with Gasteiger partial charge in [-0.15, -0.1) is 0 Å². The Balaban J connectivity index is 2.60. The minimum absolute atomic E-state index is 0.458. The van der Waals surface area contributed by atoms with E-state index in [9.17, 15) is 5.11 Å². The second-order valence-corrected chi connectivity index (χ2v) is 3.02. The number of aliphatic hydroxyl groups is 1. The lowest BCUT2D eigenvalue weighted by Crippen LogP contribution is -2.05. The van der Waals surface area contributed by atoms with Crippen LogP contribution in [0.2, 0.25) is 0 Å². The van der Waals surface area contributed by atoms with Crippen LogP contribution < -0.4 is 5.73 Å². The fourth-order valence-electron chi connectivity index (χ4n) is 0.807. The fourth-order valence-corrected chi connectivity index (χ4v) is 1.13. The number of rotatable bonds is 3. The molecule has 0 aliphatic carbocycles. The fraction of sp³-hybridized carbons (Fsp3) is 0.429. The van der Waals surface area contributed by atoms with E-state index >= 15 is 0 Å². The van der Waals surface area contributed by atoms with E-state index in [2.05, 4.69) is 15.9 Å². The molecule has 0 aromatic carbocycles. The number of aliphatic hydroxyl groups excluding tert-OH is 1. The summed E-state index contributed by atoms with van der Waals surface area (Å²) in [5.74, 6) is 0.558. The Bertz CT molecular complexity index is 224. The molecule has 1 atom stereocenters. The molecule has 0 bridgehead atoms.